The molecule has 2 aromatic heterocycles. The fourth-order valence-corrected chi connectivity index (χ4v) is 1.99. The zero-order valence-electron chi connectivity index (χ0n) is 8.93. The molecule has 6 nitrogen and oxygen atoms in total. The van der Waals surface area contributed by atoms with E-state index in [0.29, 0.717) is 5.82 Å². The summed E-state index contributed by atoms with van der Waals surface area (Å²) in [7, 11) is 0. The van der Waals surface area contributed by atoms with E-state index in [1.807, 2.05) is 17.1 Å². The van der Waals surface area contributed by atoms with E-state index in [4.69, 9.17) is 5.73 Å². The van der Waals surface area contributed by atoms with Crippen LogP contribution in [0, 0.1) is 0 Å². The normalized spacial score (nSPS) is 16.9. The first-order valence-corrected chi connectivity index (χ1v) is 5.40. The van der Waals surface area contributed by atoms with E-state index in [0.717, 1.165) is 37.1 Å². The average molecular weight is 218 g/mol. The van der Waals surface area contributed by atoms with E-state index in [-0.39, 0.29) is 0 Å². The number of nitrogens with two attached hydrogens (primary N) is 1. The lowest BCUT2D eigenvalue weighted by atomic mass is 10.3. The third-order valence-corrected chi connectivity index (χ3v) is 2.82. The molecule has 0 bridgehead atoms. The second kappa shape index (κ2) is 3.64. The topological polar surface area (TPSA) is 72.0 Å². The SMILES string of the molecule is Nc1cc2c(cn1)cnn2N1CCNCC1. The molecule has 1 aliphatic heterocycles. The molecule has 16 heavy (non-hydrogen) atoms. The van der Waals surface area contributed by atoms with E-state index >= 15 is 0 Å². The summed E-state index contributed by atoms with van der Waals surface area (Å²) in [6.07, 6.45) is 3.58. The number of nitrogens with one attached hydrogen (secondary N) is 1. The molecule has 1 saturated heterocycles. The number of pyridine rings is 1. The fraction of sp³-hybridized carbons (Fsp3) is 0.400. The Hall–Kier alpha value is -1.82. The van der Waals surface area contributed by atoms with Crippen LogP contribution in [0.15, 0.2) is 18.5 Å². The quantitative estimate of drug-likeness (QED) is 0.678. The highest BCUT2D eigenvalue weighted by atomic mass is 15.7. The highest BCUT2D eigenvalue weighted by Crippen LogP contribution is 2.15. The first-order chi connectivity index (χ1) is 7.84. The van der Waals surface area contributed by atoms with Crippen molar-refractivity contribution in [3.05, 3.63) is 18.5 Å². The smallest absolute Gasteiger partial charge is 0.125 e. The number of nitrogens with zero attached hydrogens (tertiary/aromatic N) is 4. The zero-order valence-corrected chi connectivity index (χ0v) is 8.93. The lowest BCUT2D eigenvalue weighted by molar-refractivity contribution is 0.470. The van der Waals surface area contributed by atoms with Gasteiger partial charge in [-0.1, -0.05) is 0 Å². The van der Waals surface area contributed by atoms with Crippen LogP contribution >= 0.6 is 0 Å². The molecule has 0 spiro atoms. The van der Waals surface area contributed by atoms with Gasteiger partial charge in [0.1, 0.15) is 5.82 Å². The van der Waals surface area contributed by atoms with E-state index in [9.17, 15) is 0 Å². The minimum Gasteiger partial charge on any atom is -0.384 e. The number of hydrogen-bond donors (Lipinski definition) is 2. The molecule has 84 valence electrons. The zero-order chi connectivity index (χ0) is 11.0. The third-order valence-electron chi connectivity index (χ3n) is 2.82. The Bertz CT molecular complexity index is 499. The summed E-state index contributed by atoms with van der Waals surface area (Å²) < 4.78 is 0. The van der Waals surface area contributed by atoms with Gasteiger partial charge in [-0.05, 0) is 0 Å². The Morgan fingerprint density at radius 1 is 1.25 bits per heavy atom. The van der Waals surface area contributed by atoms with Crippen LogP contribution in [0.3, 0.4) is 0 Å². The molecule has 3 rings (SSSR count). The van der Waals surface area contributed by atoms with Crippen molar-refractivity contribution in [2.75, 3.05) is 36.9 Å². The van der Waals surface area contributed by atoms with E-state index < -0.39 is 0 Å². The Morgan fingerprint density at radius 3 is 2.88 bits per heavy atom. The Kier molecular flexibility index (Phi) is 2.14. The molecule has 0 unspecified atom stereocenters. The van der Waals surface area contributed by atoms with Crippen molar-refractivity contribution in [3.63, 3.8) is 0 Å². The lowest BCUT2D eigenvalue weighted by Gasteiger charge is -2.29. The van der Waals surface area contributed by atoms with Crippen LogP contribution in [0.25, 0.3) is 10.9 Å². The molecule has 2 aromatic rings. The number of anilines is 1. The summed E-state index contributed by atoms with van der Waals surface area (Å²) in [4.78, 5) is 5.98. The summed E-state index contributed by atoms with van der Waals surface area (Å²) in [5.41, 5.74) is 6.72. The minimum absolute atomic E-state index is 0.532. The molecule has 3 N–H and O–H groups in total. The van der Waals surface area contributed by atoms with Crippen LogP contribution in [-0.2, 0) is 0 Å². The number of piperazine rings is 1. The maximum Gasteiger partial charge on any atom is 0.125 e. The van der Waals surface area contributed by atoms with E-state index in [1.165, 1.54) is 0 Å². The first kappa shape index (κ1) is 9.41. The Labute approximate surface area is 93.0 Å². The van der Waals surface area contributed by atoms with Gasteiger partial charge >= 0.3 is 0 Å². The molecule has 1 fully saturated rings. The van der Waals surface area contributed by atoms with Gasteiger partial charge in [0.15, 0.2) is 0 Å². The van der Waals surface area contributed by atoms with Crippen LogP contribution in [0.2, 0.25) is 0 Å². The van der Waals surface area contributed by atoms with Crippen molar-refractivity contribution in [3.8, 4) is 0 Å². The van der Waals surface area contributed by atoms with Gasteiger partial charge in [0.25, 0.3) is 0 Å². The number of rotatable bonds is 1. The summed E-state index contributed by atoms with van der Waals surface area (Å²) in [6, 6.07) is 1.87. The van der Waals surface area contributed by atoms with E-state index in [2.05, 4.69) is 20.4 Å². The molecule has 0 radical (unpaired) electrons. The van der Waals surface area contributed by atoms with Crippen molar-refractivity contribution in [1.29, 1.82) is 0 Å². The van der Waals surface area contributed by atoms with Crippen LogP contribution in [0.5, 0.6) is 0 Å². The second-order valence-electron chi connectivity index (χ2n) is 3.91. The molecule has 0 aromatic carbocycles. The maximum atomic E-state index is 5.70. The van der Waals surface area contributed by atoms with Gasteiger partial charge in [-0.15, -0.1) is 0 Å². The molecule has 0 saturated carbocycles. The average Bonchev–Trinajstić information content (AvgIpc) is 2.73. The van der Waals surface area contributed by atoms with Crippen LogP contribution < -0.4 is 16.1 Å². The lowest BCUT2D eigenvalue weighted by Crippen LogP contribution is -2.49. The second-order valence-corrected chi connectivity index (χ2v) is 3.91. The van der Waals surface area contributed by atoms with Gasteiger partial charge in [0, 0.05) is 43.8 Å². The number of aromatic nitrogens is 3. The predicted octanol–water partition coefficient (Wildman–Crippen LogP) is -0.445. The summed E-state index contributed by atoms with van der Waals surface area (Å²) in [6.45, 7) is 3.89. The molecule has 1 aliphatic rings. The van der Waals surface area contributed by atoms with Gasteiger partial charge in [0.2, 0.25) is 0 Å². The van der Waals surface area contributed by atoms with Gasteiger partial charge in [-0.25, -0.2) is 4.98 Å². The summed E-state index contributed by atoms with van der Waals surface area (Å²) in [5.74, 6) is 0.532. The van der Waals surface area contributed by atoms with Crippen LogP contribution in [0.4, 0.5) is 5.82 Å². The number of fused-ring (bicyclic) bond motifs is 1. The summed E-state index contributed by atoms with van der Waals surface area (Å²) >= 11 is 0. The molecule has 0 atom stereocenters. The molecule has 0 aliphatic carbocycles. The van der Waals surface area contributed by atoms with Crippen LogP contribution in [0.1, 0.15) is 0 Å². The highest BCUT2D eigenvalue weighted by molar-refractivity contribution is 5.80. The molecule has 3 heterocycles. The molecule has 0 amide bonds. The van der Waals surface area contributed by atoms with Gasteiger partial charge < -0.3 is 11.1 Å². The maximum absolute atomic E-state index is 5.70. The molecule has 6 heteroatoms. The molecular weight excluding hydrogens is 204 g/mol. The van der Waals surface area contributed by atoms with Crippen molar-refractivity contribution >= 4 is 16.7 Å². The van der Waals surface area contributed by atoms with Gasteiger partial charge in [-0.3, -0.25) is 5.01 Å². The highest BCUT2D eigenvalue weighted by Gasteiger charge is 2.13. The largest absolute Gasteiger partial charge is 0.384 e. The Balaban J connectivity index is 2.05. The molecular formula is C10H14N6. The number of hydrogen-bond acceptors (Lipinski definition) is 5. The predicted molar refractivity (Wildman–Crippen MR) is 62.8 cm³/mol. The standard InChI is InChI=1S/C10H14N6/c11-10-5-9-8(6-13-10)7-14-16(9)15-3-1-12-2-4-15/h5-7,12H,1-4H2,(H2,11,13). The van der Waals surface area contributed by atoms with Crippen molar-refractivity contribution in [2.45, 2.75) is 0 Å². The van der Waals surface area contributed by atoms with Crippen LogP contribution in [-0.4, -0.2) is 41.1 Å². The minimum atomic E-state index is 0.532. The monoisotopic (exact) mass is 218 g/mol. The summed E-state index contributed by atoms with van der Waals surface area (Å²) in [5, 5.41) is 10.9. The van der Waals surface area contributed by atoms with Crippen molar-refractivity contribution < 1.29 is 0 Å². The van der Waals surface area contributed by atoms with E-state index in [1.54, 1.807) is 6.20 Å². The van der Waals surface area contributed by atoms with Crippen molar-refractivity contribution in [1.82, 2.24) is 20.2 Å². The third kappa shape index (κ3) is 1.47. The number of nitrogen functional groups attached to an aromatic ring is 1. The van der Waals surface area contributed by atoms with Gasteiger partial charge in [-0.2, -0.15) is 9.89 Å². The Morgan fingerprint density at radius 2 is 2.06 bits per heavy atom. The first-order valence-electron chi connectivity index (χ1n) is 5.40. The fourth-order valence-electron chi connectivity index (χ4n) is 1.99. The van der Waals surface area contributed by atoms with Crippen molar-refractivity contribution in [2.24, 2.45) is 0 Å². The van der Waals surface area contributed by atoms with Gasteiger partial charge in [0.05, 0.1) is 11.7 Å².